The van der Waals surface area contributed by atoms with E-state index in [0.29, 0.717) is 5.92 Å². The van der Waals surface area contributed by atoms with Gasteiger partial charge in [0.2, 0.25) is 0 Å². The molecular weight excluding hydrogens is 124 g/mol. The molecule has 0 saturated carbocycles. The molecule has 0 aromatic carbocycles. The molecule has 1 rings (SSSR count). The molecule has 0 spiro atoms. The molecule has 1 aliphatic rings. The Balaban J connectivity index is 2.38. The Morgan fingerprint density at radius 3 is 3.00 bits per heavy atom. The minimum atomic E-state index is -0.0799. The number of allylic oxidation sites excluding steroid dienone is 1. The minimum absolute atomic E-state index is 0.0799. The van der Waals surface area contributed by atoms with Crippen molar-refractivity contribution in [1.29, 1.82) is 0 Å². The number of rotatable bonds is 0. The van der Waals surface area contributed by atoms with Crippen LogP contribution in [0.4, 0.5) is 0 Å². The molecule has 0 fully saturated rings. The summed E-state index contributed by atoms with van der Waals surface area (Å²) in [5.74, 6) is 0.715. The average molecular weight is 140 g/mol. The Morgan fingerprint density at radius 1 is 1.40 bits per heavy atom. The summed E-state index contributed by atoms with van der Waals surface area (Å²) in [6.45, 7) is 2.23. The molecule has 0 radical (unpaired) electrons. The summed E-state index contributed by atoms with van der Waals surface area (Å²) in [4.78, 5) is 0. The van der Waals surface area contributed by atoms with Crippen LogP contribution in [-0.2, 0) is 0 Å². The molecule has 58 valence electrons. The predicted octanol–water partition coefficient (Wildman–Crippen LogP) is 2.11. The summed E-state index contributed by atoms with van der Waals surface area (Å²) in [6, 6.07) is 0. The van der Waals surface area contributed by atoms with Crippen molar-refractivity contribution < 1.29 is 5.11 Å². The van der Waals surface area contributed by atoms with Gasteiger partial charge in [0, 0.05) is 0 Å². The number of hydrogen-bond donors (Lipinski definition) is 1. The minimum Gasteiger partial charge on any atom is -0.393 e. The van der Waals surface area contributed by atoms with Crippen LogP contribution in [0.25, 0.3) is 0 Å². The van der Waals surface area contributed by atoms with Crippen molar-refractivity contribution in [2.45, 2.75) is 38.7 Å². The van der Waals surface area contributed by atoms with Gasteiger partial charge in [-0.25, -0.2) is 0 Å². The van der Waals surface area contributed by atoms with Crippen molar-refractivity contribution in [2.75, 3.05) is 0 Å². The van der Waals surface area contributed by atoms with Gasteiger partial charge in [-0.3, -0.25) is 0 Å². The normalized spacial score (nSPS) is 38.2. The molecule has 2 atom stereocenters. The molecule has 0 bridgehead atoms. The van der Waals surface area contributed by atoms with E-state index in [-0.39, 0.29) is 6.10 Å². The highest BCUT2D eigenvalue weighted by Crippen LogP contribution is 2.16. The number of aliphatic hydroxyl groups is 1. The van der Waals surface area contributed by atoms with Crippen LogP contribution < -0.4 is 0 Å². The molecule has 1 heteroatoms. The molecule has 0 heterocycles. The highest BCUT2D eigenvalue weighted by Gasteiger charge is 2.06. The molecular formula is C9H16O. The SMILES string of the molecule is CC1/C=C\CC(O)CCC1. The molecule has 0 amide bonds. The third-order valence-electron chi connectivity index (χ3n) is 2.07. The van der Waals surface area contributed by atoms with Crippen LogP contribution in [0.3, 0.4) is 0 Å². The van der Waals surface area contributed by atoms with Crippen LogP contribution in [0.15, 0.2) is 12.2 Å². The molecule has 0 aromatic rings. The van der Waals surface area contributed by atoms with Crippen molar-refractivity contribution in [2.24, 2.45) is 5.92 Å². The topological polar surface area (TPSA) is 20.2 Å². The quantitative estimate of drug-likeness (QED) is 0.511. The van der Waals surface area contributed by atoms with E-state index in [1.54, 1.807) is 0 Å². The molecule has 2 unspecified atom stereocenters. The van der Waals surface area contributed by atoms with E-state index >= 15 is 0 Å². The molecule has 10 heavy (non-hydrogen) atoms. The third-order valence-corrected chi connectivity index (χ3v) is 2.07. The molecule has 1 N–H and O–H groups in total. The van der Waals surface area contributed by atoms with Gasteiger partial charge in [-0.15, -0.1) is 0 Å². The maximum atomic E-state index is 9.25. The standard InChI is InChI=1S/C9H16O/c1-8-4-2-6-9(10)7-3-5-8/h2,4,8-10H,3,5-7H2,1H3/b4-2-. The second kappa shape index (κ2) is 3.77. The van der Waals surface area contributed by atoms with Gasteiger partial charge in [0.15, 0.2) is 0 Å². The van der Waals surface area contributed by atoms with E-state index < -0.39 is 0 Å². The second-order valence-corrected chi connectivity index (χ2v) is 3.23. The van der Waals surface area contributed by atoms with E-state index in [2.05, 4.69) is 19.1 Å². The Hall–Kier alpha value is -0.300. The first-order chi connectivity index (χ1) is 4.79. The lowest BCUT2D eigenvalue weighted by atomic mass is 9.97. The van der Waals surface area contributed by atoms with Gasteiger partial charge < -0.3 is 5.11 Å². The van der Waals surface area contributed by atoms with Crippen molar-refractivity contribution in [1.82, 2.24) is 0 Å². The van der Waals surface area contributed by atoms with Crippen LogP contribution in [0.5, 0.6) is 0 Å². The van der Waals surface area contributed by atoms with Crippen molar-refractivity contribution in [3.63, 3.8) is 0 Å². The second-order valence-electron chi connectivity index (χ2n) is 3.23. The number of aliphatic hydroxyl groups excluding tert-OH is 1. The Labute approximate surface area is 62.8 Å². The zero-order chi connectivity index (χ0) is 7.40. The first kappa shape index (κ1) is 7.80. The van der Waals surface area contributed by atoms with Gasteiger partial charge in [-0.2, -0.15) is 0 Å². The predicted molar refractivity (Wildman–Crippen MR) is 42.8 cm³/mol. The number of hydrogen-bond acceptors (Lipinski definition) is 1. The van der Waals surface area contributed by atoms with Gasteiger partial charge in [-0.1, -0.05) is 25.5 Å². The van der Waals surface area contributed by atoms with Crippen LogP contribution in [-0.4, -0.2) is 11.2 Å². The summed E-state index contributed by atoms with van der Waals surface area (Å²) in [7, 11) is 0. The third kappa shape index (κ3) is 2.53. The first-order valence-electron chi connectivity index (χ1n) is 4.14. The summed E-state index contributed by atoms with van der Waals surface area (Å²) in [6.07, 6.45) is 8.47. The van der Waals surface area contributed by atoms with Crippen LogP contribution in [0.2, 0.25) is 0 Å². The van der Waals surface area contributed by atoms with E-state index in [9.17, 15) is 5.11 Å². The van der Waals surface area contributed by atoms with E-state index in [4.69, 9.17) is 0 Å². The maximum absolute atomic E-state index is 9.25. The zero-order valence-electron chi connectivity index (χ0n) is 6.59. The molecule has 0 aromatic heterocycles. The molecule has 1 aliphatic carbocycles. The average Bonchev–Trinajstić information content (AvgIpc) is 1.84. The lowest BCUT2D eigenvalue weighted by Gasteiger charge is -2.13. The fraction of sp³-hybridized carbons (Fsp3) is 0.778. The Kier molecular flexibility index (Phi) is 2.94. The monoisotopic (exact) mass is 140 g/mol. The molecule has 1 nitrogen and oxygen atoms in total. The van der Waals surface area contributed by atoms with Crippen molar-refractivity contribution in [3.8, 4) is 0 Å². The van der Waals surface area contributed by atoms with Gasteiger partial charge >= 0.3 is 0 Å². The smallest absolute Gasteiger partial charge is 0.0574 e. The Bertz CT molecular complexity index is 118. The van der Waals surface area contributed by atoms with Crippen LogP contribution >= 0.6 is 0 Å². The fourth-order valence-corrected chi connectivity index (χ4v) is 1.36. The van der Waals surface area contributed by atoms with Crippen molar-refractivity contribution in [3.05, 3.63) is 12.2 Å². The van der Waals surface area contributed by atoms with Gasteiger partial charge in [-0.05, 0) is 25.2 Å². The summed E-state index contributed by atoms with van der Waals surface area (Å²) >= 11 is 0. The summed E-state index contributed by atoms with van der Waals surface area (Å²) in [5.41, 5.74) is 0. The van der Waals surface area contributed by atoms with Gasteiger partial charge in [0.1, 0.15) is 0 Å². The molecule has 0 saturated heterocycles. The lowest BCUT2D eigenvalue weighted by molar-refractivity contribution is 0.161. The highest BCUT2D eigenvalue weighted by molar-refractivity contribution is 4.90. The highest BCUT2D eigenvalue weighted by atomic mass is 16.3. The first-order valence-corrected chi connectivity index (χ1v) is 4.14. The lowest BCUT2D eigenvalue weighted by Crippen LogP contribution is -2.07. The largest absolute Gasteiger partial charge is 0.393 e. The Morgan fingerprint density at radius 2 is 2.20 bits per heavy atom. The van der Waals surface area contributed by atoms with Gasteiger partial charge in [0.05, 0.1) is 6.10 Å². The van der Waals surface area contributed by atoms with Crippen molar-refractivity contribution >= 4 is 0 Å². The summed E-state index contributed by atoms with van der Waals surface area (Å²) < 4.78 is 0. The maximum Gasteiger partial charge on any atom is 0.0574 e. The van der Waals surface area contributed by atoms with E-state index in [0.717, 1.165) is 12.8 Å². The van der Waals surface area contributed by atoms with E-state index in [1.807, 2.05) is 0 Å². The van der Waals surface area contributed by atoms with Crippen LogP contribution in [0, 0.1) is 5.92 Å². The summed E-state index contributed by atoms with van der Waals surface area (Å²) in [5, 5.41) is 9.25. The van der Waals surface area contributed by atoms with E-state index in [1.165, 1.54) is 12.8 Å². The zero-order valence-corrected chi connectivity index (χ0v) is 6.59. The van der Waals surface area contributed by atoms with Gasteiger partial charge in [0.25, 0.3) is 0 Å². The molecule has 0 aliphatic heterocycles. The fourth-order valence-electron chi connectivity index (χ4n) is 1.36. The van der Waals surface area contributed by atoms with Crippen LogP contribution in [0.1, 0.15) is 32.6 Å².